The summed E-state index contributed by atoms with van der Waals surface area (Å²) in [5.74, 6) is 0.0265. The first-order chi connectivity index (χ1) is 9.25. The number of rotatable bonds is 2. The number of ether oxygens (including phenoxy) is 2. The van der Waals surface area contributed by atoms with Gasteiger partial charge in [0.25, 0.3) is 0 Å². The van der Waals surface area contributed by atoms with Crippen LogP contribution in [0.25, 0.3) is 0 Å². The van der Waals surface area contributed by atoms with Crippen LogP contribution in [0.4, 0.5) is 18.9 Å². The molecule has 1 saturated heterocycles. The molecule has 1 aliphatic heterocycles. The lowest BCUT2D eigenvalue weighted by Gasteiger charge is -2.32. The molecule has 1 aliphatic rings. The van der Waals surface area contributed by atoms with Crippen molar-refractivity contribution >= 4 is 5.69 Å². The van der Waals surface area contributed by atoms with Crippen molar-refractivity contribution in [3.63, 3.8) is 0 Å². The van der Waals surface area contributed by atoms with Crippen molar-refractivity contribution in [1.82, 2.24) is 4.98 Å². The molecule has 1 fully saturated rings. The Morgan fingerprint density at radius 1 is 1.30 bits per heavy atom. The molecule has 0 radical (unpaired) electrons. The summed E-state index contributed by atoms with van der Waals surface area (Å²) >= 11 is 0. The van der Waals surface area contributed by atoms with Crippen LogP contribution in [0.2, 0.25) is 0 Å². The van der Waals surface area contributed by atoms with Gasteiger partial charge in [-0.15, -0.1) is 0 Å². The number of nitrogens with zero attached hydrogens (tertiary/aromatic N) is 1. The second-order valence-corrected chi connectivity index (χ2v) is 5.07. The number of alkyl halides is 3. The smallest absolute Gasteiger partial charge is 0.433 e. The van der Waals surface area contributed by atoms with E-state index in [2.05, 4.69) is 4.98 Å². The number of anilines is 1. The fraction of sp³-hybridized carbons (Fsp3) is 0.615. The van der Waals surface area contributed by atoms with Gasteiger partial charge in [-0.1, -0.05) is 0 Å². The Kier molecular flexibility index (Phi) is 4.08. The van der Waals surface area contributed by atoms with Crippen LogP contribution >= 0.6 is 0 Å². The SMILES string of the molecule is CC1CC(Oc2cc(C(F)(F)F)ncc2N)CC(C)O1. The van der Waals surface area contributed by atoms with Crippen molar-refractivity contribution in [3.8, 4) is 5.75 Å². The van der Waals surface area contributed by atoms with Crippen LogP contribution in [0, 0.1) is 0 Å². The van der Waals surface area contributed by atoms with Gasteiger partial charge in [0.05, 0.1) is 24.1 Å². The summed E-state index contributed by atoms with van der Waals surface area (Å²) in [6, 6.07) is 0.847. The molecule has 0 amide bonds. The monoisotopic (exact) mass is 290 g/mol. The summed E-state index contributed by atoms with van der Waals surface area (Å²) in [5.41, 5.74) is 4.73. The Morgan fingerprint density at radius 2 is 1.90 bits per heavy atom. The van der Waals surface area contributed by atoms with Crippen LogP contribution in [0.5, 0.6) is 5.75 Å². The maximum atomic E-state index is 12.6. The van der Waals surface area contributed by atoms with E-state index in [9.17, 15) is 13.2 Å². The normalized spacial score (nSPS) is 27.4. The number of nitrogens with two attached hydrogens (primary N) is 1. The zero-order valence-electron chi connectivity index (χ0n) is 11.3. The van der Waals surface area contributed by atoms with Crippen LogP contribution in [0.3, 0.4) is 0 Å². The first kappa shape index (κ1) is 14.9. The summed E-state index contributed by atoms with van der Waals surface area (Å²) in [7, 11) is 0. The van der Waals surface area contributed by atoms with Crippen molar-refractivity contribution < 1.29 is 22.6 Å². The highest BCUT2D eigenvalue weighted by Gasteiger charge is 2.34. The van der Waals surface area contributed by atoms with E-state index in [-0.39, 0.29) is 29.7 Å². The lowest BCUT2D eigenvalue weighted by Crippen LogP contribution is -2.35. The van der Waals surface area contributed by atoms with Crippen LogP contribution in [-0.2, 0) is 10.9 Å². The summed E-state index contributed by atoms with van der Waals surface area (Å²) in [4.78, 5) is 3.28. The van der Waals surface area contributed by atoms with E-state index in [1.165, 1.54) is 0 Å². The van der Waals surface area contributed by atoms with Crippen LogP contribution in [-0.4, -0.2) is 23.3 Å². The fourth-order valence-corrected chi connectivity index (χ4v) is 2.32. The van der Waals surface area contributed by atoms with Gasteiger partial charge in [-0.05, 0) is 13.8 Å². The van der Waals surface area contributed by atoms with E-state index >= 15 is 0 Å². The zero-order chi connectivity index (χ0) is 14.9. The second kappa shape index (κ2) is 5.47. The van der Waals surface area contributed by atoms with Gasteiger partial charge < -0.3 is 15.2 Å². The van der Waals surface area contributed by atoms with Gasteiger partial charge in [-0.25, -0.2) is 4.98 Å². The summed E-state index contributed by atoms with van der Waals surface area (Å²) in [6.07, 6.45) is -2.49. The van der Waals surface area contributed by atoms with Gasteiger partial charge in [-0.3, -0.25) is 0 Å². The highest BCUT2D eigenvalue weighted by Crippen LogP contribution is 2.33. The van der Waals surface area contributed by atoms with Crippen LogP contribution < -0.4 is 10.5 Å². The van der Waals surface area contributed by atoms with Crippen molar-refractivity contribution in [3.05, 3.63) is 18.0 Å². The first-order valence-electron chi connectivity index (χ1n) is 6.40. The van der Waals surface area contributed by atoms with Gasteiger partial charge in [0.15, 0.2) is 0 Å². The minimum Gasteiger partial charge on any atom is -0.488 e. The predicted octanol–water partition coefficient (Wildman–Crippen LogP) is 3.02. The maximum absolute atomic E-state index is 12.6. The van der Waals surface area contributed by atoms with Crippen molar-refractivity contribution in [1.29, 1.82) is 0 Å². The third-order valence-electron chi connectivity index (χ3n) is 3.13. The molecular formula is C13H17F3N2O2. The Balaban J connectivity index is 2.16. The van der Waals surface area contributed by atoms with Gasteiger partial charge in [0.2, 0.25) is 0 Å². The van der Waals surface area contributed by atoms with Gasteiger partial charge in [0.1, 0.15) is 17.5 Å². The predicted molar refractivity (Wildman–Crippen MR) is 67.3 cm³/mol. The average molecular weight is 290 g/mol. The van der Waals surface area contributed by atoms with Gasteiger partial charge in [0, 0.05) is 18.9 Å². The Hall–Kier alpha value is -1.50. The quantitative estimate of drug-likeness (QED) is 0.909. The molecule has 1 aromatic heterocycles. The molecule has 2 unspecified atom stereocenters. The van der Waals surface area contributed by atoms with E-state index in [1.807, 2.05) is 13.8 Å². The van der Waals surface area contributed by atoms with Crippen LogP contribution in [0.15, 0.2) is 12.3 Å². The molecule has 0 aromatic carbocycles. The molecule has 7 heteroatoms. The molecule has 1 aromatic rings. The molecule has 0 bridgehead atoms. The molecule has 112 valence electrons. The molecule has 2 atom stereocenters. The number of pyridine rings is 1. The summed E-state index contributed by atoms with van der Waals surface area (Å²) in [5, 5.41) is 0. The molecule has 2 heterocycles. The second-order valence-electron chi connectivity index (χ2n) is 5.07. The standard InChI is InChI=1S/C13H17F3N2O2/c1-7-3-9(4-8(2)19-7)20-11-5-12(13(14,15)16)18-6-10(11)17/h5-9H,3-4,17H2,1-2H3. The topological polar surface area (TPSA) is 57.4 Å². The van der Waals surface area contributed by atoms with E-state index in [1.54, 1.807) is 0 Å². The lowest BCUT2D eigenvalue weighted by molar-refractivity contribution is -0.141. The molecule has 2 rings (SSSR count). The lowest BCUT2D eigenvalue weighted by atomic mass is 10.0. The van der Waals surface area contributed by atoms with E-state index in [4.69, 9.17) is 15.2 Å². The molecule has 0 spiro atoms. The van der Waals surface area contributed by atoms with Crippen molar-refractivity contribution in [2.24, 2.45) is 0 Å². The summed E-state index contributed by atoms with van der Waals surface area (Å²) in [6.45, 7) is 3.81. The molecule has 4 nitrogen and oxygen atoms in total. The molecule has 2 N–H and O–H groups in total. The molecule has 20 heavy (non-hydrogen) atoms. The number of aromatic nitrogens is 1. The van der Waals surface area contributed by atoms with E-state index < -0.39 is 11.9 Å². The highest BCUT2D eigenvalue weighted by molar-refractivity contribution is 5.51. The van der Waals surface area contributed by atoms with Crippen molar-refractivity contribution in [2.45, 2.75) is 51.2 Å². The van der Waals surface area contributed by atoms with Gasteiger partial charge in [-0.2, -0.15) is 13.2 Å². The minimum atomic E-state index is -4.51. The van der Waals surface area contributed by atoms with E-state index in [0.717, 1.165) is 12.3 Å². The zero-order valence-corrected chi connectivity index (χ0v) is 11.3. The molecular weight excluding hydrogens is 273 g/mol. The average Bonchev–Trinajstić information content (AvgIpc) is 2.29. The maximum Gasteiger partial charge on any atom is 0.433 e. The Bertz CT molecular complexity index is 469. The Morgan fingerprint density at radius 3 is 2.45 bits per heavy atom. The van der Waals surface area contributed by atoms with Gasteiger partial charge >= 0.3 is 6.18 Å². The third kappa shape index (κ3) is 3.53. The number of hydrogen-bond donors (Lipinski definition) is 1. The first-order valence-corrected chi connectivity index (χ1v) is 6.40. The molecule has 0 saturated carbocycles. The molecule has 0 aliphatic carbocycles. The minimum absolute atomic E-state index is 0.00824. The Labute approximate surface area is 115 Å². The highest BCUT2D eigenvalue weighted by atomic mass is 19.4. The number of hydrogen-bond acceptors (Lipinski definition) is 4. The van der Waals surface area contributed by atoms with Crippen molar-refractivity contribution in [2.75, 3.05) is 5.73 Å². The third-order valence-corrected chi connectivity index (χ3v) is 3.13. The van der Waals surface area contributed by atoms with Crippen LogP contribution in [0.1, 0.15) is 32.4 Å². The fourth-order valence-electron chi connectivity index (χ4n) is 2.32. The number of nitrogen functional groups attached to an aromatic ring is 1. The van der Waals surface area contributed by atoms with E-state index in [0.29, 0.717) is 12.8 Å². The largest absolute Gasteiger partial charge is 0.488 e. The summed E-state index contributed by atoms with van der Waals surface area (Å²) < 4.78 is 49.0. The number of halogens is 3.